The van der Waals surface area contributed by atoms with Gasteiger partial charge in [-0.1, -0.05) is 100 Å². The van der Waals surface area contributed by atoms with Crippen LogP contribution in [0.15, 0.2) is 180 Å². The summed E-state index contributed by atoms with van der Waals surface area (Å²) in [6.45, 7) is 9.11. The Morgan fingerprint density at radius 2 is 1.20 bits per heavy atom. The van der Waals surface area contributed by atoms with Crippen molar-refractivity contribution in [2.75, 3.05) is 4.90 Å². The Morgan fingerprint density at radius 1 is 0.514 bits per heavy atom. The number of anilines is 3. The van der Waals surface area contributed by atoms with E-state index in [9.17, 15) is 0 Å². The Hall–Kier alpha value is -8.28. The van der Waals surface area contributed by atoms with Gasteiger partial charge in [0, 0.05) is 48.8 Å². The van der Waals surface area contributed by atoms with Gasteiger partial charge in [0.15, 0.2) is 11.5 Å². The molecule has 0 saturated heterocycles. The van der Waals surface area contributed by atoms with E-state index >= 15 is 0 Å². The van der Waals surface area contributed by atoms with Gasteiger partial charge in [-0.3, -0.25) is 9.13 Å². The fraction of sp³-hybridized carbons (Fsp3) is 0.136. The second-order valence-electron chi connectivity index (χ2n) is 19.0. The van der Waals surface area contributed by atoms with Gasteiger partial charge in [0.05, 0.1) is 51.5 Å². The maximum atomic E-state index is 5.49. The standard InChI is InChI=1S/C59H46N10S/c1-35(2)27-37-17-22-48-43(29-37)41-20-21-42-44-30-38(28-36(3)4)18-23-49(44)69(57(42)56(41)68(48)54-16-10-13-45(65-54)46-33-62-59-47(64-46)32-60-34-63-59)55-25-26-61-58(66-55)39-19-24-51-53(31-39)70-52-15-9-8-14-50(52)67(51)40-11-6-5-7-12-40/h5-26,29-36H,27-28H2,1-4H3. The fourth-order valence-corrected chi connectivity index (χ4v) is 11.4. The first-order valence-corrected chi connectivity index (χ1v) is 24.7. The molecule has 0 saturated carbocycles. The number of benzene rings is 6. The van der Waals surface area contributed by atoms with Gasteiger partial charge in [-0.25, -0.2) is 34.9 Å². The van der Waals surface area contributed by atoms with E-state index in [0.717, 1.165) is 79.2 Å². The van der Waals surface area contributed by atoms with Gasteiger partial charge in [0.1, 0.15) is 29.2 Å². The quantitative estimate of drug-likeness (QED) is 0.140. The van der Waals surface area contributed by atoms with E-state index in [4.69, 9.17) is 19.9 Å². The molecule has 0 N–H and O–H groups in total. The molecule has 0 atom stereocenters. The molecule has 70 heavy (non-hydrogen) atoms. The van der Waals surface area contributed by atoms with E-state index in [1.54, 1.807) is 24.2 Å². The molecule has 338 valence electrons. The van der Waals surface area contributed by atoms with Gasteiger partial charge in [0.2, 0.25) is 0 Å². The Bertz CT molecular complexity index is 4030. The number of nitrogens with zero attached hydrogens (tertiary/aromatic N) is 10. The Morgan fingerprint density at radius 3 is 1.93 bits per heavy atom. The van der Waals surface area contributed by atoms with E-state index in [2.05, 4.69) is 190 Å². The van der Waals surface area contributed by atoms with Crippen LogP contribution in [0.2, 0.25) is 0 Å². The number of para-hydroxylation sites is 2. The molecule has 11 heteroatoms. The van der Waals surface area contributed by atoms with Gasteiger partial charge in [0.25, 0.3) is 0 Å². The highest BCUT2D eigenvalue weighted by Gasteiger charge is 2.27. The SMILES string of the molecule is CC(C)Cc1ccc2c(c1)c1ccc3c4cc(CC(C)C)ccc4n(-c4ccnc(-c5ccc6c(c5)Sc5ccccc5N6c5ccccc5)n4)c3c1n2-c1cccc(-c2cnc3ncncc3n2)n1. The molecule has 0 spiro atoms. The Labute approximate surface area is 408 Å². The number of pyridine rings is 1. The zero-order chi connectivity index (χ0) is 47.0. The second-order valence-corrected chi connectivity index (χ2v) is 20.0. The van der Waals surface area contributed by atoms with Crippen LogP contribution in [0, 0.1) is 11.8 Å². The molecule has 1 aliphatic rings. The molecule has 0 unspecified atom stereocenters. The van der Waals surface area contributed by atoms with Crippen molar-refractivity contribution in [3.63, 3.8) is 0 Å². The third-order valence-electron chi connectivity index (χ3n) is 13.2. The zero-order valence-electron chi connectivity index (χ0n) is 39.1. The molecule has 6 aromatic heterocycles. The minimum atomic E-state index is 0.505. The molecule has 6 aromatic carbocycles. The predicted octanol–water partition coefficient (Wildman–Crippen LogP) is 14.5. The first-order valence-electron chi connectivity index (χ1n) is 23.9. The molecule has 1 aliphatic heterocycles. The number of aromatic nitrogens is 9. The highest BCUT2D eigenvalue weighted by Crippen LogP contribution is 2.52. The summed E-state index contributed by atoms with van der Waals surface area (Å²) >= 11 is 1.78. The molecule has 13 rings (SSSR count). The summed E-state index contributed by atoms with van der Waals surface area (Å²) in [6.07, 6.45) is 8.77. The molecule has 0 amide bonds. The van der Waals surface area contributed by atoms with Crippen LogP contribution in [0.3, 0.4) is 0 Å². The summed E-state index contributed by atoms with van der Waals surface area (Å²) in [4.78, 5) is 38.5. The molecule has 0 radical (unpaired) electrons. The number of hydrogen-bond acceptors (Lipinski definition) is 9. The molecular weight excluding hydrogens is 881 g/mol. The second kappa shape index (κ2) is 16.7. The lowest BCUT2D eigenvalue weighted by atomic mass is 10.00. The summed E-state index contributed by atoms with van der Waals surface area (Å²) in [5.74, 6) is 3.21. The van der Waals surface area contributed by atoms with Crippen molar-refractivity contribution in [1.29, 1.82) is 0 Å². The number of rotatable bonds is 9. The van der Waals surface area contributed by atoms with Gasteiger partial charge in [-0.2, -0.15) is 0 Å². The topological polar surface area (TPSA) is 103 Å². The maximum absolute atomic E-state index is 5.49. The Kier molecular flexibility index (Phi) is 10.0. The molecule has 10 nitrogen and oxygen atoms in total. The fourth-order valence-electron chi connectivity index (χ4n) is 10.3. The lowest BCUT2D eigenvalue weighted by molar-refractivity contribution is 0.647. The van der Waals surface area contributed by atoms with Crippen LogP contribution >= 0.6 is 11.8 Å². The Balaban J connectivity index is 1.05. The molecule has 0 fully saturated rings. The lowest BCUT2D eigenvalue weighted by Crippen LogP contribution is -2.14. The molecule has 12 aromatic rings. The summed E-state index contributed by atoms with van der Waals surface area (Å²) in [5.41, 5.74) is 13.7. The van der Waals surface area contributed by atoms with E-state index in [1.807, 2.05) is 18.3 Å². The average Bonchev–Trinajstić information content (AvgIpc) is 3.90. The largest absolute Gasteiger partial charge is 0.308 e. The van der Waals surface area contributed by atoms with E-state index in [0.29, 0.717) is 40.2 Å². The van der Waals surface area contributed by atoms with Gasteiger partial charge in [-0.15, -0.1) is 0 Å². The first kappa shape index (κ1) is 41.9. The van der Waals surface area contributed by atoms with Crippen molar-refractivity contribution in [2.24, 2.45) is 11.8 Å². The smallest absolute Gasteiger partial charge is 0.181 e. The van der Waals surface area contributed by atoms with Gasteiger partial charge >= 0.3 is 0 Å². The van der Waals surface area contributed by atoms with Crippen molar-refractivity contribution in [3.05, 3.63) is 182 Å². The van der Waals surface area contributed by atoms with E-state index in [1.165, 1.54) is 38.8 Å². The first-order chi connectivity index (χ1) is 34.3. The van der Waals surface area contributed by atoms with Crippen LogP contribution in [0.25, 0.3) is 89.2 Å². The van der Waals surface area contributed by atoms with Crippen molar-refractivity contribution in [3.8, 4) is 34.4 Å². The third-order valence-corrected chi connectivity index (χ3v) is 14.3. The molecule has 0 aliphatic carbocycles. The highest BCUT2D eigenvalue weighted by molar-refractivity contribution is 7.99. The number of fused-ring (bicyclic) bond motifs is 10. The summed E-state index contributed by atoms with van der Waals surface area (Å²) in [5, 5.41) is 4.62. The molecular formula is C59H46N10S. The van der Waals surface area contributed by atoms with Crippen molar-refractivity contribution in [1.82, 2.24) is 44.0 Å². The minimum absolute atomic E-state index is 0.505. The minimum Gasteiger partial charge on any atom is -0.308 e. The van der Waals surface area contributed by atoms with Crippen LogP contribution in [-0.2, 0) is 12.8 Å². The van der Waals surface area contributed by atoms with Crippen molar-refractivity contribution < 1.29 is 0 Å². The van der Waals surface area contributed by atoms with Crippen LogP contribution in [0.4, 0.5) is 17.1 Å². The molecule has 7 heterocycles. The van der Waals surface area contributed by atoms with Crippen molar-refractivity contribution in [2.45, 2.75) is 50.3 Å². The average molecular weight is 927 g/mol. The van der Waals surface area contributed by atoms with Crippen LogP contribution in [0.1, 0.15) is 38.8 Å². The van der Waals surface area contributed by atoms with E-state index in [-0.39, 0.29) is 0 Å². The monoisotopic (exact) mass is 926 g/mol. The van der Waals surface area contributed by atoms with Crippen LogP contribution in [-0.4, -0.2) is 44.0 Å². The third kappa shape index (κ3) is 7.07. The lowest BCUT2D eigenvalue weighted by Gasteiger charge is -2.33. The van der Waals surface area contributed by atoms with Crippen LogP contribution in [0.5, 0.6) is 0 Å². The number of hydrogen-bond donors (Lipinski definition) is 0. The molecule has 0 bridgehead atoms. The maximum Gasteiger partial charge on any atom is 0.181 e. The van der Waals surface area contributed by atoms with Crippen LogP contribution < -0.4 is 4.90 Å². The van der Waals surface area contributed by atoms with Gasteiger partial charge in [-0.05, 0) is 121 Å². The summed E-state index contributed by atoms with van der Waals surface area (Å²) < 4.78 is 4.68. The highest BCUT2D eigenvalue weighted by atomic mass is 32.2. The summed E-state index contributed by atoms with van der Waals surface area (Å²) in [6, 6.07) is 52.4. The van der Waals surface area contributed by atoms with Gasteiger partial charge < -0.3 is 4.90 Å². The summed E-state index contributed by atoms with van der Waals surface area (Å²) in [7, 11) is 0. The van der Waals surface area contributed by atoms with Crippen molar-refractivity contribution >= 4 is 83.6 Å². The predicted molar refractivity (Wildman–Crippen MR) is 284 cm³/mol. The normalized spacial score (nSPS) is 12.6. The zero-order valence-corrected chi connectivity index (χ0v) is 39.9. The van der Waals surface area contributed by atoms with E-state index < -0.39 is 0 Å².